The summed E-state index contributed by atoms with van der Waals surface area (Å²) in [6, 6.07) is 10.8. The minimum Gasteiger partial charge on any atom is -0.396 e. The fourth-order valence-electron chi connectivity index (χ4n) is 2.33. The molecular weight excluding hydrogens is 430 g/mol. The molecule has 7 heteroatoms. The first kappa shape index (κ1) is 42.0. The molecule has 1 aromatic rings. The number of aliphatic hydroxyl groups excluding tert-OH is 1. The highest BCUT2D eigenvalue weighted by atomic mass is 16.3. The Hall–Kier alpha value is -2.25. The predicted molar refractivity (Wildman–Crippen MR) is 147 cm³/mol. The van der Waals surface area contributed by atoms with Gasteiger partial charge in [0.15, 0.2) is 0 Å². The Morgan fingerprint density at radius 2 is 1.35 bits per heavy atom. The van der Waals surface area contributed by atoms with Crippen LogP contribution in [0.15, 0.2) is 30.3 Å². The van der Waals surface area contributed by atoms with Crippen LogP contribution in [0.1, 0.15) is 84.6 Å². The van der Waals surface area contributed by atoms with Crippen molar-refractivity contribution in [2.75, 3.05) is 34.3 Å². The molecule has 0 atom stereocenters. The number of unbranched alkanes of at least 4 members (excludes halogenated alkanes) is 5. The van der Waals surface area contributed by atoms with Crippen molar-refractivity contribution in [1.82, 2.24) is 16.0 Å². The lowest BCUT2D eigenvalue weighted by Crippen LogP contribution is -2.16. The average Bonchev–Trinajstić information content (AvgIpc) is 2.92. The molecule has 1 aromatic carbocycles. The van der Waals surface area contributed by atoms with Crippen LogP contribution in [0.3, 0.4) is 0 Å². The average molecular weight is 486 g/mol. The van der Waals surface area contributed by atoms with Crippen LogP contribution in [0.4, 0.5) is 0 Å². The van der Waals surface area contributed by atoms with E-state index >= 15 is 0 Å². The minimum atomic E-state index is 0.0449. The van der Waals surface area contributed by atoms with Gasteiger partial charge in [-0.3, -0.25) is 9.59 Å². The number of carbonyl (C=O) groups excluding carboxylic acids is 3. The monoisotopic (exact) mass is 485 g/mol. The van der Waals surface area contributed by atoms with Gasteiger partial charge in [-0.2, -0.15) is 0 Å². The topological polar surface area (TPSA) is 108 Å². The van der Waals surface area contributed by atoms with Gasteiger partial charge in [0.05, 0.1) is 0 Å². The zero-order chi connectivity index (χ0) is 27.3. The number of aryl methyl sites for hydroxylation is 1. The molecule has 0 heterocycles. The van der Waals surface area contributed by atoms with Gasteiger partial charge in [0, 0.05) is 27.1 Å². The van der Waals surface area contributed by atoms with Crippen LogP contribution in [0, 0.1) is 0 Å². The molecule has 0 saturated heterocycles. The Morgan fingerprint density at radius 1 is 0.853 bits per heavy atom. The second kappa shape index (κ2) is 48.2. The standard InChI is InChI=1S/C14H23N.C6H13NO2.C2H5NO.2C2H6.CH2O/c1-15-13-9-4-2-3-6-10-14-11-7-5-8-12-14;1-7-6(9)4-2-3-5-8;1-3-2-4;3*1-2/h5,7-8,11-12,15H,2-4,6,9-10,13H2,1H3;8H,2-5H2,1H3,(H,7,9);2H,1H3,(H,3,4);2*1-2H3;1H2. The summed E-state index contributed by atoms with van der Waals surface area (Å²) in [6.45, 7) is 11.3. The molecule has 0 aliphatic carbocycles. The molecule has 0 unspecified atom stereocenters. The molecule has 202 valence electrons. The van der Waals surface area contributed by atoms with Gasteiger partial charge in [-0.25, -0.2) is 0 Å². The van der Waals surface area contributed by atoms with Gasteiger partial charge in [-0.1, -0.05) is 77.3 Å². The van der Waals surface area contributed by atoms with Crippen molar-refractivity contribution in [3.63, 3.8) is 0 Å². The number of amides is 2. The fraction of sp³-hybridized carbons (Fsp3) is 0.667. The number of hydrogen-bond acceptors (Lipinski definition) is 5. The maximum absolute atomic E-state index is 10.5. The van der Waals surface area contributed by atoms with Gasteiger partial charge in [-0.05, 0) is 51.3 Å². The highest BCUT2D eigenvalue weighted by Crippen LogP contribution is 2.08. The lowest BCUT2D eigenvalue weighted by molar-refractivity contribution is -0.120. The second-order valence-corrected chi connectivity index (χ2v) is 6.37. The first-order valence-corrected chi connectivity index (χ1v) is 12.6. The number of carbonyl (C=O) groups is 3. The van der Waals surface area contributed by atoms with E-state index in [9.17, 15) is 4.79 Å². The third kappa shape index (κ3) is 47.5. The summed E-state index contributed by atoms with van der Waals surface area (Å²) in [5.74, 6) is 0.0449. The predicted octanol–water partition coefficient (Wildman–Crippen LogP) is 4.52. The van der Waals surface area contributed by atoms with E-state index in [0.717, 1.165) is 6.42 Å². The Labute approximate surface area is 210 Å². The second-order valence-electron chi connectivity index (χ2n) is 6.37. The van der Waals surface area contributed by atoms with Crippen molar-refractivity contribution >= 4 is 19.1 Å². The summed E-state index contributed by atoms with van der Waals surface area (Å²) in [7, 11) is 5.20. The summed E-state index contributed by atoms with van der Waals surface area (Å²) in [5, 5.41) is 16.3. The van der Waals surface area contributed by atoms with Gasteiger partial charge in [-0.15, -0.1) is 0 Å². The van der Waals surface area contributed by atoms with Gasteiger partial charge >= 0.3 is 0 Å². The molecule has 1 rings (SSSR count). The molecule has 0 radical (unpaired) electrons. The van der Waals surface area contributed by atoms with E-state index in [4.69, 9.17) is 14.7 Å². The van der Waals surface area contributed by atoms with E-state index in [-0.39, 0.29) is 12.5 Å². The molecule has 0 spiro atoms. The van der Waals surface area contributed by atoms with Crippen LogP contribution in [0.5, 0.6) is 0 Å². The summed E-state index contributed by atoms with van der Waals surface area (Å²) in [4.78, 5) is 27.6. The van der Waals surface area contributed by atoms with E-state index < -0.39 is 0 Å². The maximum Gasteiger partial charge on any atom is 0.219 e. The van der Waals surface area contributed by atoms with Crippen LogP contribution in [-0.2, 0) is 20.8 Å². The molecule has 0 bridgehead atoms. The maximum atomic E-state index is 10.5. The number of rotatable bonds is 13. The molecule has 0 saturated carbocycles. The van der Waals surface area contributed by atoms with Crippen molar-refractivity contribution in [2.45, 2.75) is 85.5 Å². The third-order valence-corrected chi connectivity index (χ3v) is 3.94. The molecule has 2 amide bonds. The van der Waals surface area contributed by atoms with E-state index in [1.807, 2.05) is 41.5 Å². The van der Waals surface area contributed by atoms with Crippen molar-refractivity contribution in [2.24, 2.45) is 0 Å². The number of benzene rings is 1. The third-order valence-electron chi connectivity index (χ3n) is 3.94. The van der Waals surface area contributed by atoms with E-state index in [2.05, 4.69) is 46.3 Å². The smallest absolute Gasteiger partial charge is 0.219 e. The van der Waals surface area contributed by atoms with Crippen LogP contribution >= 0.6 is 0 Å². The Morgan fingerprint density at radius 3 is 1.79 bits per heavy atom. The van der Waals surface area contributed by atoms with Crippen LogP contribution in [-0.4, -0.2) is 58.5 Å². The molecule has 0 aliphatic heterocycles. The fourth-order valence-corrected chi connectivity index (χ4v) is 2.33. The largest absolute Gasteiger partial charge is 0.396 e. The van der Waals surface area contributed by atoms with Gasteiger partial charge in [0.1, 0.15) is 6.79 Å². The summed E-state index contributed by atoms with van der Waals surface area (Å²) < 4.78 is 0. The lowest BCUT2D eigenvalue weighted by atomic mass is 10.1. The number of hydrogen-bond donors (Lipinski definition) is 4. The molecule has 7 nitrogen and oxygen atoms in total. The van der Waals surface area contributed by atoms with Gasteiger partial charge < -0.3 is 25.9 Å². The van der Waals surface area contributed by atoms with Crippen molar-refractivity contribution in [3.8, 4) is 0 Å². The first-order valence-electron chi connectivity index (χ1n) is 12.6. The van der Waals surface area contributed by atoms with Crippen LogP contribution in [0.2, 0.25) is 0 Å². The van der Waals surface area contributed by atoms with Crippen molar-refractivity contribution in [1.29, 1.82) is 0 Å². The minimum absolute atomic E-state index is 0.0449. The van der Waals surface area contributed by atoms with E-state index in [1.165, 1.54) is 50.6 Å². The van der Waals surface area contributed by atoms with E-state index in [0.29, 0.717) is 19.3 Å². The van der Waals surface area contributed by atoms with Crippen LogP contribution in [0.25, 0.3) is 0 Å². The molecule has 4 N–H and O–H groups in total. The summed E-state index contributed by atoms with van der Waals surface area (Å²) in [5.41, 5.74) is 1.48. The quantitative estimate of drug-likeness (QED) is 0.243. The first-order chi connectivity index (χ1) is 16.7. The van der Waals surface area contributed by atoms with Crippen molar-refractivity contribution < 1.29 is 19.5 Å². The Bertz CT molecular complexity index is 460. The van der Waals surface area contributed by atoms with Gasteiger partial charge in [0.2, 0.25) is 12.3 Å². The zero-order valence-corrected chi connectivity index (χ0v) is 23.1. The van der Waals surface area contributed by atoms with Crippen molar-refractivity contribution in [3.05, 3.63) is 35.9 Å². The Balaban J connectivity index is -0.000000126. The van der Waals surface area contributed by atoms with E-state index in [1.54, 1.807) is 14.1 Å². The normalized spacial score (nSPS) is 8.12. The SMILES string of the molecule is C=O.CC.CC.CNC(=O)CCCCO.CNC=O.CNCCCCCCCc1ccccc1. The van der Waals surface area contributed by atoms with Gasteiger partial charge in [0.25, 0.3) is 0 Å². The molecule has 34 heavy (non-hydrogen) atoms. The zero-order valence-electron chi connectivity index (χ0n) is 23.1. The molecule has 0 aliphatic rings. The highest BCUT2D eigenvalue weighted by Gasteiger charge is 1.95. The summed E-state index contributed by atoms with van der Waals surface area (Å²) >= 11 is 0. The number of aliphatic hydroxyl groups is 1. The lowest BCUT2D eigenvalue weighted by Gasteiger charge is -2.02. The molecule has 0 aromatic heterocycles. The molecular formula is C27H55N3O4. The number of nitrogens with one attached hydrogen (secondary N) is 3. The highest BCUT2D eigenvalue weighted by molar-refractivity contribution is 5.75. The summed E-state index contributed by atoms with van der Waals surface area (Å²) in [6.07, 6.45) is 10.7. The Kier molecular flexibility index (Phi) is 59.5. The molecule has 0 fully saturated rings. The van der Waals surface area contributed by atoms with Crippen LogP contribution < -0.4 is 16.0 Å².